The summed E-state index contributed by atoms with van der Waals surface area (Å²) in [7, 11) is 0. The van der Waals surface area contributed by atoms with Gasteiger partial charge in [-0.3, -0.25) is 0 Å². The van der Waals surface area contributed by atoms with E-state index < -0.39 is 11.6 Å². The lowest BCUT2D eigenvalue weighted by molar-refractivity contribution is 0.475. The Morgan fingerprint density at radius 3 is 2.45 bits per heavy atom. The number of aromatic hydroxyl groups is 1. The Hall–Kier alpha value is -1.62. The van der Waals surface area contributed by atoms with Crippen molar-refractivity contribution in [3.05, 3.63) is 58.1 Å². The van der Waals surface area contributed by atoms with E-state index in [1.54, 1.807) is 12.1 Å². The summed E-state index contributed by atoms with van der Waals surface area (Å²) in [5.41, 5.74) is 1.27. The van der Waals surface area contributed by atoms with Gasteiger partial charge in [-0.25, -0.2) is 8.78 Å². The maximum absolute atomic E-state index is 13.6. The number of nitrogens with one attached hydrogen (secondary N) is 1. The highest BCUT2D eigenvalue weighted by Crippen LogP contribution is 2.24. The smallest absolute Gasteiger partial charge is 0.149 e. The predicted octanol–water partition coefficient (Wildman–Crippen LogP) is 4.48. The Morgan fingerprint density at radius 1 is 1.15 bits per heavy atom. The Balaban J connectivity index is 2.06. The van der Waals surface area contributed by atoms with Gasteiger partial charge >= 0.3 is 0 Å². The van der Waals surface area contributed by atoms with Gasteiger partial charge in [0.15, 0.2) is 0 Å². The van der Waals surface area contributed by atoms with E-state index >= 15 is 0 Å². The van der Waals surface area contributed by atoms with E-state index in [-0.39, 0.29) is 22.0 Å². The number of hydrogen-bond acceptors (Lipinski definition) is 2. The molecule has 0 heterocycles. The van der Waals surface area contributed by atoms with Gasteiger partial charge in [0.2, 0.25) is 0 Å². The third-order valence-electron chi connectivity index (χ3n) is 2.89. The van der Waals surface area contributed by atoms with Crippen LogP contribution in [-0.4, -0.2) is 11.1 Å². The van der Waals surface area contributed by atoms with Crippen LogP contribution in [0.3, 0.4) is 0 Å². The highest BCUT2D eigenvalue weighted by atomic mass is 79.9. The Bertz CT molecular complexity index is 602. The molecule has 0 fully saturated rings. The zero-order valence-electron chi connectivity index (χ0n) is 10.8. The second-order valence-corrected chi connectivity index (χ2v) is 5.52. The zero-order valence-corrected chi connectivity index (χ0v) is 12.4. The van der Waals surface area contributed by atoms with Crippen molar-refractivity contribution in [1.82, 2.24) is 0 Å². The van der Waals surface area contributed by atoms with E-state index in [1.165, 1.54) is 6.07 Å². The van der Waals surface area contributed by atoms with Crippen molar-refractivity contribution in [2.24, 2.45) is 0 Å². The molecular weight excluding hydrogens is 328 g/mol. The first-order valence-corrected chi connectivity index (χ1v) is 6.94. The van der Waals surface area contributed by atoms with Gasteiger partial charge < -0.3 is 10.4 Å². The van der Waals surface area contributed by atoms with Gasteiger partial charge in [0.05, 0.1) is 10.2 Å². The largest absolute Gasteiger partial charge is 0.508 e. The van der Waals surface area contributed by atoms with E-state index in [1.807, 2.05) is 19.1 Å². The molecule has 2 rings (SSSR count). The standard InChI is InChI=1S/C15H14BrF2NO/c1-9(6-10-2-4-11(20)5-3-10)19-15-7-12(16)13(17)8-14(15)18/h2-5,7-9,19-20H,6H2,1H3. The monoisotopic (exact) mass is 341 g/mol. The molecule has 2 aromatic rings. The van der Waals surface area contributed by atoms with Gasteiger partial charge in [-0.05, 0) is 53.0 Å². The van der Waals surface area contributed by atoms with Crippen molar-refractivity contribution < 1.29 is 13.9 Å². The van der Waals surface area contributed by atoms with Crippen LogP contribution in [-0.2, 0) is 6.42 Å². The average molecular weight is 342 g/mol. The Kier molecular flexibility index (Phi) is 4.60. The molecule has 0 radical (unpaired) electrons. The fourth-order valence-corrected chi connectivity index (χ4v) is 2.28. The molecule has 2 N–H and O–H groups in total. The molecule has 2 nitrogen and oxygen atoms in total. The molecule has 1 unspecified atom stereocenters. The molecule has 0 aromatic heterocycles. The normalized spacial score (nSPS) is 12.2. The third-order valence-corrected chi connectivity index (χ3v) is 3.50. The molecular formula is C15H14BrF2NO. The van der Waals surface area contributed by atoms with Crippen LogP contribution in [0.4, 0.5) is 14.5 Å². The van der Waals surface area contributed by atoms with E-state index in [4.69, 9.17) is 0 Å². The van der Waals surface area contributed by atoms with Crippen LogP contribution < -0.4 is 5.32 Å². The second-order valence-electron chi connectivity index (χ2n) is 4.66. The van der Waals surface area contributed by atoms with Gasteiger partial charge in [-0.1, -0.05) is 12.1 Å². The minimum Gasteiger partial charge on any atom is -0.508 e. The summed E-state index contributed by atoms with van der Waals surface area (Å²) in [4.78, 5) is 0. The fourth-order valence-electron chi connectivity index (χ4n) is 1.94. The lowest BCUT2D eigenvalue weighted by Crippen LogP contribution is -2.19. The van der Waals surface area contributed by atoms with Crippen LogP contribution >= 0.6 is 15.9 Å². The molecule has 0 spiro atoms. The van der Waals surface area contributed by atoms with Crippen molar-refractivity contribution >= 4 is 21.6 Å². The van der Waals surface area contributed by atoms with Crippen LogP contribution in [0.1, 0.15) is 12.5 Å². The van der Waals surface area contributed by atoms with Crippen molar-refractivity contribution in [3.63, 3.8) is 0 Å². The summed E-state index contributed by atoms with van der Waals surface area (Å²) in [5.74, 6) is -1.04. The lowest BCUT2D eigenvalue weighted by Gasteiger charge is -2.16. The summed E-state index contributed by atoms with van der Waals surface area (Å²) >= 11 is 3.04. The van der Waals surface area contributed by atoms with Crippen molar-refractivity contribution in [3.8, 4) is 5.75 Å². The van der Waals surface area contributed by atoms with Crippen LogP contribution in [0.2, 0.25) is 0 Å². The van der Waals surface area contributed by atoms with E-state index in [0.29, 0.717) is 6.42 Å². The second kappa shape index (κ2) is 6.22. The molecule has 1 atom stereocenters. The summed E-state index contributed by atoms with van der Waals surface area (Å²) in [5, 5.41) is 12.2. The molecule has 2 aromatic carbocycles. The Morgan fingerprint density at radius 2 is 1.80 bits per heavy atom. The van der Waals surface area contributed by atoms with Crippen LogP contribution in [0, 0.1) is 11.6 Å². The first kappa shape index (κ1) is 14.8. The summed E-state index contributed by atoms with van der Waals surface area (Å²) in [6.07, 6.45) is 0.661. The first-order valence-electron chi connectivity index (χ1n) is 6.14. The SMILES string of the molecule is CC(Cc1ccc(O)cc1)Nc1cc(Br)c(F)cc1F. The van der Waals surface area contributed by atoms with E-state index in [9.17, 15) is 13.9 Å². The topological polar surface area (TPSA) is 32.3 Å². The summed E-state index contributed by atoms with van der Waals surface area (Å²) in [6, 6.07) is 9.03. The minimum absolute atomic E-state index is 0.0357. The fraction of sp³-hybridized carbons (Fsp3) is 0.200. The number of phenols is 1. The molecule has 0 aliphatic rings. The van der Waals surface area contributed by atoms with Crippen molar-refractivity contribution in [1.29, 1.82) is 0 Å². The lowest BCUT2D eigenvalue weighted by atomic mass is 10.1. The van der Waals surface area contributed by atoms with Crippen LogP contribution in [0.25, 0.3) is 0 Å². The third kappa shape index (κ3) is 3.70. The molecule has 0 saturated carbocycles. The number of hydrogen-bond donors (Lipinski definition) is 2. The predicted molar refractivity (Wildman–Crippen MR) is 79.0 cm³/mol. The van der Waals surface area contributed by atoms with Crippen molar-refractivity contribution in [2.45, 2.75) is 19.4 Å². The molecule has 0 aliphatic heterocycles. The van der Waals surface area contributed by atoms with Gasteiger partial charge in [-0.2, -0.15) is 0 Å². The van der Waals surface area contributed by atoms with E-state index in [2.05, 4.69) is 21.2 Å². The number of benzene rings is 2. The number of halogens is 3. The number of rotatable bonds is 4. The molecule has 5 heteroatoms. The highest BCUT2D eigenvalue weighted by molar-refractivity contribution is 9.10. The minimum atomic E-state index is -0.626. The number of anilines is 1. The van der Waals surface area contributed by atoms with E-state index in [0.717, 1.165) is 11.6 Å². The number of phenolic OH excluding ortho intramolecular Hbond substituents is 1. The summed E-state index contributed by atoms with van der Waals surface area (Å²) < 4.78 is 27.0. The molecule has 0 saturated heterocycles. The van der Waals surface area contributed by atoms with Gasteiger partial charge in [0, 0.05) is 12.1 Å². The summed E-state index contributed by atoms with van der Waals surface area (Å²) in [6.45, 7) is 1.91. The first-order chi connectivity index (χ1) is 9.45. The molecule has 0 aliphatic carbocycles. The molecule has 0 amide bonds. The average Bonchev–Trinajstić information content (AvgIpc) is 2.39. The van der Waals surface area contributed by atoms with Crippen LogP contribution in [0.5, 0.6) is 5.75 Å². The maximum Gasteiger partial charge on any atom is 0.149 e. The van der Waals surface area contributed by atoms with Gasteiger partial charge in [0.25, 0.3) is 0 Å². The molecule has 20 heavy (non-hydrogen) atoms. The quantitative estimate of drug-likeness (QED) is 0.804. The molecule has 0 bridgehead atoms. The maximum atomic E-state index is 13.6. The van der Waals surface area contributed by atoms with Gasteiger partial charge in [0.1, 0.15) is 17.4 Å². The Labute approximate surface area is 124 Å². The van der Waals surface area contributed by atoms with Crippen LogP contribution in [0.15, 0.2) is 40.9 Å². The molecule has 106 valence electrons. The zero-order chi connectivity index (χ0) is 14.7. The highest BCUT2D eigenvalue weighted by Gasteiger charge is 2.11. The van der Waals surface area contributed by atoms with Crippen molar-refractivity contribution in [2.75, 3.05) is 5.32 Å². The van der Waals surface area contributed by atoms with Gasteiger partial charge in [-0.15, -0.1) is 0 Å².